The van der Waals surface area contributed by atoms with Crippen molar-refractivity contribution in [3.05, 3.63) is 59.2 Å². The Morgan fingerprint density at radius 2 is 1.69 bits per heavy atom. The van der Waals surface area contributed by atoms with Crippen LogP contribution in [0, 0.1) is 13.8 Å². The molecule has 2 aromatic rings. The number of unbranched alkanes of at least 4 members (excludes halogenated alkanes) is 2. The van der Waals surface area contributed by atoms with Gasteiger partial charge in [0, 0.05) is 17.8 Å². The van der Waals surface area contributed by atoms with Crippen LogP contribution in [-0.4, -0.2) is 20.9 Å². The van der Waals surface area contributed by atoms with Gasteiger partial charge in [-0.25, -0.2) is 8.42 Å². The molecule has 0 saturated carbocycles. The molecule has 2 aromatic carbocycles. The summed E-state index contributed by atoms with van der Waals surface area (Å²) in [5, 5.41) is 2.86. The Balaban J connectivity index is 2.18. The van der Waals surface area contributed by atoms with E-state index in [-0.39, 0.29) is 10.8 Å². The van der Waals surface area contributed by atoms with Crippen molar-refractivity contribution >= 4 is 21.6 Å². The van der Waals surface area contributed by atoms with Crippen LogP contribution in [0.1, 0.15) is 47.7 Å². The van der Waals surface area contributed by atoms with E-state index >= 15 is 0 Å². The lowest BCUT2D eigenvalue weighted by Crippen LogP contribution is -2.25. The average molecular weight is 375 g/mol. The molecule has 0 spiro atoms. The zero-order chi connectivity index (χ0) is 19.2. The minimum atomic E-state index is -3.76. The van der Waals surface area contributed by atoms with Crippen LogP contribution in [0.2, 0.25) is 0 Å². The van der Waals surface area contributed by atoms with Crippen molar-refractivity contribution in [2.75, 3.05) is 11.3 Å². The maximum atomic E-state index is 12.6. The minimum absolute atomic E-state index is 0.0717. The summed E-state index contributed by atoms with van der Waals surface area (Å²) in [5.74, 6) is -0.244. The van der Waals surface area contributed by atoms with Gasteiger partial charge >= 0.3 is 0 Å². The zero-order valence-electron chi connectivity index (χ0n) is 15.5. The van der Waals surface area contributed by atoms with E-state index in [9.17, 15) is 13.2 Å². The Morgan fingerprint density at radius 3 is 2.35 bits per heavy atom. The number of sulfonamides is 1. The van der Waals surface area contributed by atoms with Crippen LogP contribution in [0.3, 0.4) is 0 Å². The third-order valence-corrected chi connectivity index (χ3v) is 5.51. The lowest BCUT2D eigenvalue weighted by molar-refractivity contribution is 0.0952. The van der Waals surface area contributed by atoms with Gasteiger partial charge in [0.1, 0.15) is 0 Å². The van der Waals surface area contributed by atoms with E-state index in [1.807, 2.05) is 19.1 Å². The number of carbonyl (C=O) groups excluding carboxylic acids is 1. The van der Waals surface area contributed by atoms with Gasteiger partial charge < -0.3 is 5.32 Å². The van der Waals surface area contributed by atoms with Gasteiger partial charge in [-0.1, -0.05) is 43.5 Å². The fraction of sp³-hybridized carbons (Fsp3) is 0.350. The zero-order valence-corrected chi connectivity index (χ0v) is 16.3. The summed E-state index contributed by atoms with van der Waals surface area (Å²) in [6.45, 7) is 6.42. The second-order valence-corrected chi connectivity index (χ2v) is 8.09. The molecule has 0 unspecified atom stereocenters. The number of hydrogen-bond acceptors (Lipinski definition) is 3. The van der Waals surface area contributed by atoms with Crippen LogP contribution in [-0.2, 0) is 10.0 Å². The molecule has 0 aromatic heterocycles. The Bertz CT molecular complexity index is 859. The third-order valence-electron chi connectivity index (χ3n) is 4.13. The smallest absolute Gasteiger partial charge is 0.261 e. The Hall–Kier alpha value is -2.34. The molecule has 2 N–H and O–H groups in total. The van der Waals surface area contributed by atoms with Gasteiger partial charge in [-0.15, -0.1) is 0 Å². The van der Waals surface area contributed by atoms with Gasteiger partial charge in [-0.3, -0.25) is 9.52 Å². The van der Waals surface area contributed by atoms with E-state index in [2.05, 4.69) is 17.0 Å². The molecule has 1 amide bonds. The second-order valence-electron chi connectivity index (χ2n) is 6.41. The maximum Gasteiger partial charge on any atom is 0.261 e. The number of anilines is 1. The van der Waals surface area contributed by atoms with Gasteiger partial charge in [0.2, 0.25) is 0 Å². The van der Waals surface area contributed by atoms with Crippen molar-refractivity contribution in [3.63, 3.8) is 0 Å². The largest absolute Gasteiger partial charge is 0.352 e. The monoisotopic (exact) mass is 374 g/mol. The standard InChI is InChI=1S/C20H26N2O3S/c1-4-5-6-13-21-20(23)19-14-18(12-9-16(19)3)26(24,25)22-17-10-7-15(2)8-11-17/h7-12,14,22H,4-6,13H2,1-3H3,(H,21,23). The number of rotatable bonds is 8. The van der Waals surface area contributed by atoms with Crippen molar-refractivity contribution in [3.8, 4) is 0 Å². The summed E-state index contributed by atoms with van der Waals surface area (Å²) in [6, 6.07) is 11.7. The molecule has 0 saturated heterocycles. The van der Waals surface area contributed by atoms with Crippen LogP contribution in [0.5, 0.6) is 0 Å². The summed E-state index contributed by atoms with van der Waals surface area (Å²) in [7, 11) is -3.76. The first-order chi connectivity index (χ1) is 12.3. The van der Waals surface area contributed by atoms with Crippen LogP contribution in [0.15, 0.2) is 47.4 Å². The summed E-state index contributed by atoms with van der Waals surface area (Å²) >= 11 is 0. The normalized spacial score (nSPS) is 11.2. The third kappa shape index (κ3) is 5.33. The number of nitrogens with one attached hydrogen (secondary N) is 2. The van der Waals surface area contributed by atoms with Gasteiger partial charge in [0.15, 0.2) is 0 Å². The van der Waals surface area contributed by atoms with Crippen molar-refractivity contribution < 1.29 is 13.2 Å². The van der Waals surface area contributed by atoms with Crippen LogP contribution < -0.4 is 10.0 Å². The van der Waals surface area contributed by atoms with Gasteiger partial charge in [-0.05, 0) is 50.1 Å². The molecule has 26 heavy (non-hydrogen) atoms. The summed E-state index contributed by atoms with van der Waals surface area (Å²) < 4.78 is 27.8. The van der Waals surface area contributed by atoms with Crippen LogP contribution in [0.4, 0.5) is 5.69 Å². The molecule has 6 heteroatoms. The predicted molar refractivity (Wildman–Crippen MR) is 105 cm³/mol. The highest BCUT2D eigenvalue weighted by atomic mass is 32.2. The summed E-state index contributed by atoms with van der Waals surface area (Å²) in [4.78, 5) is 12.4. The fourth-order valence-corrected chi connectivity index (χ4v) is 3.61. The van der Waals surface area contributed by atoms with Gasteiger partial charge in [0.05, 0.1) is 4.90 Å². The first-order valence-corrected chi connectivity index (χ1v) is 10.3. The molecular formula is C20H26N2O3S. The van der Waals surface area contributed by atoms with Crippen molar-refractivity contribution in [2.45, 2.75) is 44.9 Å². The molecule has 0 heterocycles. The number of benzene rings is 2. The summed E-state index contributed by atoms with van der Waals surface area (Å²) in [6.07, 6.45) is 3.04. The molecule has 2 rings (SSSR count). The molecule has 0 atom stereocenters. The van der Waals surface area contributed by atoms with E-state index in [0.29, 0.717) is 17.8 Å². The number of amides is 1. The number of carbonyl (C=O) groups is 1. The Morgan fingerprint density at radius 1 is 1.00 bits per heavy atom. The van der Waals surface area contributed by atoms with Gasteiger partial charge in [0.25, 0.3) is 15.9 Å². The van der Waals surface area contributed by atoms with Crippen LogP contribution in [0.25, 0.3) is 0 Å². The SMILES string of the molecule is CCCCCNC(=O)c1cc(S(=O)(=O)Nc2ccc(C)cc2)ccc1C. The summed E-state index contributed by atoms with van der Waals surface area (Å²) in [5.41, 5.74) is 2.66. The number of hydrogen-bond donors (Lipinski definition) is 2. The molecule has 0 aliphatic carbocycles. The topological polar surface area (TPSA) is 75.3 Å². The molecule has 0 bridgehead atoms. The predicted octanol–water partition coefficient (Wildman–Crippen LogP) is 4.02. The lowest BCUT2D eigenvalue weighted by atomic mass is 10.1. The van der Waals surface area contributed by atoms with Crippen molar-refractivity contribution in [1.29, 1.82) is 0 Å². The first-order valence-electron chi connectivity index (χ1n) is 8.82. The Labute approximate surface area is 155 Å². The van der Waals surface area contributed by atoms with Crippen LogP contribution >= 0.6 is 0 Å². The van der Waals surface area contributed by atoms with Crippen molar-refractivity contribution in [1.82, 2.24) is 5.32 Å². The highest BCUT2D eigenvalue weighted by Gasteiger charge is 2.18. The highest BCUT2D eigenvalue weighted by molar-refractivity contribution is 7.92. The maximum absolute atomic E-state index is 12.6. The first kappa shape index (κ1) is 20.0. The molecule has 0 fully saturated rings. The van der Waals surface area contributed by atoms with Crippen molar-refractivity contribution in [2.24, 2.45) is 0 Å². The molecule has 0 aliphatic heterocycles. The minimum Gasteiger partial charge on any atom is -0.352 e. The molecule has 5 nitrogen and oxygen atoms in total. The quantitative estimate of drug-likeness (QED) is 0.685. The Kier molecular flexibility index (Phi) is 6.80. The number of aryl methyl sites for hydroxylation is 2. The lowest BCUT2D eigenvalue weighted by Gasteiger charge is -2.12. The second kappa shape index (κ2) is 8.85. The molecule has 140 valence electrons. The van der Waals surface area contributed by atoms with E-state index < -0.39 is 10.0 Å². The molecule has 0 radical (unpaired) electrons. The molecule has 0 aliphatic rings. The molecular weight excluding hydrogens is 348 g/mol. The fourth-order valence-electron chi connectivity index (χ4n) is 2.52. The van der Waals surface area contributed by atoms with E-state index in [0.717, 1.165) is 30.4 Å². The van der Waals surface area contributed by atoms with E-state index in [4.69, 9.17) is 0 Å². The van der Waals surface area contributed by atoms with E-state index in [1.54, 1.807) is 25.1 Å². The van der Waals surface area contributed by atoms with Gasteiger partial charge in [-0.2, -0.15) is 0 Å². The highest BCUT2D eigenvalue weighted by Crippen LogP contribution is 2.19. The van der Waals surface area contributed by atoms with E-state index in [1.165, 1.54) is 12.1 Å². The average Bonchev–Trinajstić information content (AvgIpc) is 2.60.